The van der Waals surface area contributed by atoms with Gasteiger partial charge in [0.15, 0.2) is 0 Å². The summed E-state index contributed by atoms with van der Waals surface area (Å²) >= 11 is 1.79. The Balaban J connectivity index is 2.32. The maximum absolute atomic E-state index is 5.27. The van der Waals surface area contributed by atoms with Crippen molar-refractivity contribution in [3.63, 3.8) is 0 Å². The van der Waals surface area contributed by atoms with Crippen molar-refractivity contribution in [3.8, 4) is 0 Å². The highest BCUT2D eigenvalue weighted by Gasteiger charge is 2.06. The largest absolute Gasteiger partial charge is 0.382 e. The van der Waals surface area contributed by atoms with Gasteiger partial charge < -0.3 is 9.47 Å². The molecule has 1 aromatic rings. The minimum atomic E-state index is 0.171. The fraction of sp³-hybridized carbons (Fsp3) is 0.455. The summed E-state index contributed by atoms with van der Waals surface area (Å²) in [5.41, 5.74) is 0. The quantitative estimate of drug-likeness (QED) is 0.675. The zero-order valence-corrected chi connectivity index (χ0v) is 9.42. The highest BCUT2D eigenvalue weighted by molar-refractivity contribution is 7.99. The van der Waals surface area contributed by atoms with Gasteiger partial charge in [0.05, 0.1) is 12.7 Å². The topological polar surface area (TPSA) is 18.5 Å². The Labute approximate surface area is 89.6 Å². The normalized spacial score (nSPS) is 12.7. The summed E-state index contributed by atoms with van der Waals surface area (Å²) in [5, 5.41) is 0. The molecule has 1 unspecified atom stereocenters. The van der Waals surface area contributed by atoms with E-state index in [0.717, 1.165) is 5.75 Å². The molecular formula is C11H16O2S. The molecule has 0 aliphatic carbocycles. The molecule has 1 atom stereocenters. The number of methoxy groups -OCH3 is 2. The molecular weight excluding hydrogens is 196 g/mol. The van der Waals surface area contributed by atoms with E-state index in [4.69, 9.17) is 9.47 Å². The Morgan fingerprint density at radius 2 is 1.93 bits per heavy atom. The summed E-state index contributed by atoms with van der Waals surface area (Å²) in [6, 6.07) is 10.3. The van der Waals surface area contributed by atoms with Crippen LogP contribution in [-0.4, -0.2) is 32.7 Å². The summed E-state index contributed by atoms with van der Waals surface area (Å²) in [6.45, 7) is 0.649. The van der Waals surface area contributed by atoms with Crippen LogP contribution in [0.1, 0.15) is 0 Å². The zero-order chi connectivity index (χ0) is 10.2. The van der Waals surface area contributed by atoms with Gasteiger partial charge in [-0.3, -0.25) is 0 Å². The first kappa shape index (κ1) is 11.6. The molecule has 0 fully saturated rings. The molecule has 0 amide bonds. The molecule has 1 rings (SSSR count). The lowest BCUT2D eigenvalue weighted by Gasteiger charge is -2.13. The Hall–Kier alpha value is -0.510. The molecule has 0 aliphatic heterocycles. The highest BCUT2D eigenvalue weighted by Crippen LogP contribution is 2.18. The number of ether oxygens (including phenoxy) is 2. The van der Waals surface area contributed by atoms with Gasteiger partial charge in [-0.2, -0.15) is 0 Å². The van der Waals surface area contributed by atoms with Crippen LogP contribution in [0.15, 0.2) is 35.2 Å². The van der Waals surface area contributed by atoms with Gasteiger partial charge in [-0.25, -0.2) is 0 Å². The average molecular weight is 212 g/mol. The second kappa shape index (κ2) is 6.87. The van der Waals surface area contributed by atoms with Crippen LogP contribution in [0.25, 0.3) is 0 Å². The van der Waals surface area contributed by atoms with Gasteiger partial charge in [0.2, 0.25) is 0 Å². The van der Waals surface area contributed by atoms with E-state index in [1.807, 2.05) is 18.2 Å². The molecule has 0 radical (unpaired) electrons. The number of hydrogen-bond donors (Lipinski definition) is 0. The van der Waals surface area contributed by atoms with E-state index in [1.165, 1.54) is 4.90 Å². The highest BCUT2D eigenvalue weighted by atomic mass is 32.2. The second-order valence-corrected chi connectivity index (χ2v) is 4.03. The maximum atomic E-state index is 5.27. The Bertz CT molecular complexity index is 238. The van der Waals surface area contributed by atoms with Crippen molar-refractivity contribution in [1.29, 1.82) is 0 Å². The first-order valence-corrected chi connectivity index (χ1v) is 5.55. The number of benzene rings is 1. The molecule has 14 heavy (non-hydrogen) atoms. The molecule has 0 spiro atoms. The molecule has 0 heterocycles. The molecule has 2 nitrogen and oxygen atoms in total. The van der Waals surface area contributed by atoms with Crippen LogP contribution in [0.2, 0.25) is 0 Å². The first-order valence-electron chi connectivity index (χ1n) is 4.56. The van der Waals surface area contributed by atoms with Crippen molar-refractivity contribution in [2.75, 3.05) is 26.6 Å². The Kier molecular flexibility index (Phi) is 5.68. The van der Waals surface area contributed by atoms with Crippen molar-refractivity contribution >= 4 is 11.8 Å². The fourth-order valence-corrected chi connectivity index (χ4v) is 2.04. The SMILES string of the molecule is COCC(CSc1ccccc1)OC. The molecule has 0 bridgehead atoms. The van der Waals surface area contributed by atoms with Crippen LogP contribution in [-0.2, 0) is 9.47 Å². The van der Waals surface area contributed by atoms with Crippen LogP contribution in [0.3, 0.4) is 0 Å². The van der Waals surface area contributed by atoms with Crippen LogP contribution >= 0.6 is 11.8 Å². The van der Waals surface area contributed by atoms with Gasteiger partial charge in [-0.05, 0) is 12.1 Å². The zero-order valence-electron chi connectivity index (χ0n) is 8.60. The van der Waals surface area contributed by atoms with Gasteiger partial charge in [-0.1, -0.05) is 18.2 Å². The van der Waals surface area contributed by atoms with Crippen molar-refractivity contribution in [1.82, 2.24) is 0 Å². The molecule has 0 saturated carbocycles. The van der Waals surface area contributed by atoms with Gasteiger partial charge in [-0.15, -0.1) is 11.8 Å². The lowest BCUT2D eigenvalue weighted by Crippen LogP contribution is -2.19. The average Bonchev–Trinajstić information content (AvgIpc) is 2.25. The first-order chi connectivity index (χ1) is 6.86. The molecule has 0 N–H and O–H groups in total. The van der Waals surface area contributed by atoms with Crippen molar-refractivity contribution in [2.45, 2.75) is 11.0 Å². The Morgan fingerprint density at radius 3 is 2.50 bits per heavy atom. The van der Waals surface area contributed by atoms with E-state index >= 15 is 0 Å². The van der Waals surface area contributed by atoms with Gasteiger partial charge >= 0.3 is 0 Å². The standard InChI is InChI=1S/C11H16O2S/c1-12-8-10(13-2)9-14-11-6-4-3-5-7-11/h3-7,10H,8-9H2,1-2H3. The van der Waals surface area contributed by atoms with Crippen LogP contribution in [0.5, 0.6) is 0 Å². The summed E-state index contributed by atoms with van der Waals surface area (Å²) in [7, 11) is 3.41. The minimum Gasteiger partial charge on any atom is -0.382 e. The molecule has 0 aromatic heterocycles. The van der Waals surface area contributed by atoms with Crippen LogP contribution in [0.4, 0.5) is 0 Å². The number of thioether (sulfide) groups is 1. The van der Waals surface area contributed by atoms with E-state index in [1.54, 1.807) is 26.0 Å². The molecule has 78 valence electrons. The smallest absolute Gasteiger partial charge is 0.0898 e. The van der Waals surface area contributed by atoms with E-state index in [-0.39, 0.29) is 6.10 Å². The van der Waals surface area contributed by atoms with Crippen molar-refractivity contribution in [2.24, 2.45) is 0 Å². The van der Waals surface area contributed by atoms with E-state index in [0.29, 0.717) is 6.61 Å². The summed E-state index contributed by atoms with van der Waals surface area (Å²) in [5.74, 6) is 0.925. The lowest BCUT2D eigenvalue weighted by molar-refractivity contribution is 0.0430. The molecule has 0 saturated heterocycles. The summed E-state index contributed by atoms with van der Waals surface area (Å²) in [6.07, 6.45) is 0.171. The minimum absolute atomic E-state index is 0.171. The van der Waals surface area contributed by atoms with Crippen molar-refractivity contribution < 1.29 is 9.47 Å². The predicted octanol–water partition coefficient (Wildman–Crippen LogP) is 2.44. The molecule has 0 aliphatic rings. The molecule has 1 aromatic carbocycles. The maximum Gasteiger partial charge on any atom is 0.0898 e. The van der Waals surface area contributed by atoms with Crippen LogP contribution in [0, 0.1) is 0 Å². The third-order valence-electron chi connectivity index (χ3n) is 1.86. The van der Waals surface area contributed by atoms with E-state index < -0.39 is 0 Å². The lowest BCUT2D eigenvalue weighted by atomic mass is 10.4. The van der Waals surface area contributed by atoms with Crippen molar-refractivity contribution in [3.05, 3.63) is 30.3 Å². The van der Waals surface area contributed by atoms with Crippen LogP contribution < -0.4 is 0 Å². The molecule has 3 heteroatoms. The predicted molar refractivity (Wildman–Crippen MR) is 59.8 cm³/mol. The third kappa shape index (κ3) is 4.13. The number of hydrogen-bond acceptors (Lipinski definition) is 3. The summed E-state index contributed by atoms with van der Waals surface area (Å²) < 4.78 is 10.3. The van der Waals surface area contributed by atoms with E-state index in [2.05, 4.69) is 12.1 Å². The monoisotopic (exact) mass is 212 g/mol. The summed E-state index contributed by atoms with van der Waals surface area (Å²) in [4.78, 5) is 1.27. The fourth-order valence-electron chi connectivity index (χ4n) is 1.08. The van der Waals surface area contributed by atoms with Gasteiger partial charge in [0.25, 0.3) is 0 Å². The second-order valence-electron chi connectivity index (χ2n) is 2.94. The number of rotatable bonds is 6. The Morgan fingerprint density at radius 1 is 1.21 bits per heavy atom. The van der Waals surface area contributed by atoms with Gasteiger partial charge in [0.1, 0.15) is 0 Å². The van der Waals surface area contributed by atoms with Gasteiger partial charge in [0, 0.05) is 24.9 Å². The third-order valence-corrected chi connectivity index (χ3v) is 3.01. The van der Waals surface area contributed by atoms with E-state index in [9.17, 15) is 0 Å².